The lowest BCUT2D eigenvalue weighted by Gasteiger charge is -2.02. The Bertz CT molecular complexity index is 259. The van der Waals surface area contributed by atoms with Crippen molar-refractivity contribution in [1.82, 2.24) is 0 Å². The Morgan fingerprint density at radius 2 is 2.42 bits per heavy atom. The Labute approximate surface area is 75.1 Å². The molecule has 0 aliphatic rings. The van der Waals surface area contributed by atoms with E-state index in [0.29, 0.717) is 11.5 Å². The molecule has 0 spiro atoms. The Kier molecular flexibility index (Phi) is 3.34. The van der Waals surface area contributed by atoms with Gasteiger partial charge >= 0.3 is 7.32 Å². The normalized spacial score (nSPS) is 9.50. The molecule has 0 fully saturated rings. The predicted octanol–water partition coefficient (Wildman–Crippen LogP) is 0.825. The van der Waals surface area contributed by atoms with Crippen LogP contribution < -0.4 is 4.65 Å². The largest absolute Gasteiger partial charge is 0.708 e. The summed E-state index contributed by atoms with van der Waals surface area (Å²) in [6.45, 7) is 3.58. The number of rotatable bonds is 4. The van der Waals surface area contributed by atoms with Crippen LogP contribution in [0.25, 0.3) is 0 Å². The van der Waals surface area contributed by atoms with E-state index in [2.05, 4.69) is 6.58 Å². The molecule has 0 bridgehead atoms. The van der Waals surface area contributed by atoms with Gasteiger partial charge in [0.05, 0.1) is 0 Å². The summed E-state index contributed by atoms with van der Waals surface area (Å²) in [4.78, 5) is 0. The van der Waals surface area contributed by atoms with Gasteiger partial charge in [0, 0.05) is 5.56 Å². The molecule has 0 atom stereocenters. The first-order chi connectivity index (χ1) is 5.74. The summed E-state index contributed by atoms with van der Waals surface area (Å²) in [5.74, 6) is 0. The van der Waals surface area contributed by atoms with Crippen LogP contribution in [0.3, 0.4) is 0 Å². The highest BCUT2D eigenvalue weighted by atomic mass is 32.1. The third kappa shape index (κ3) is 2.37. The number of hydrogen-bond acceptors (Lipinski definition) is 4. The maximum absolute atomic E-state index is 8.53. The second-order valence-electron chi connectivity index (χ2n) is 2.17. The molecule has 0 aliphatic carbocycles. The van der Waals surface area contributed by atoms with Crippen LogP contribution in [-0.2, 0) is 6.42 Å². The molecule has 0 saturated heterocycles. The molecule has 12 heavy (non-hydrogen) atoms. The predicted molar refractivity (Wildman–Crippen MR) is 49.0 cm³/mol. The molecule has 1 rings (SSSR count). The van der Waals surface area contributed by atoms with Gasteiger partial charge in [0.25, 0.3) is 0 Å². The molecule has 1 aromatic rings. The van der Waals surface area contributed by atoms with Crippen LogP contribution in [-0.4, -0.2) is 17.4 Å². The summed E-state index contributed by atoms with van der Waals surface area (Å²) in [5.41, 5.74) is 0.920. The molecular formula is C7H9BO3S. The molecule has 1 heterocycles. The van der Waals surface area contributed by atoms with Crippen LogP contribution in [0.2, 0.25) is 0 Å². The van der Waals surface area contributed by atoms with Gasteiger partial charge in [0.15, 0.2) is 5.06 Å². The van der Waals surface area contributed by atoms with Crippen molar-refractivity contribution in [1.29, 1.82) is 0 Å². The summed E-state index contributed by atoms with van der Waals surface area (Å²) >= 11 is 1.33. The molecular weight excluding hydrogens is 175 g/mol. The smallest absolute Gasteiger partial charge is 0.504 e. The Morgan fingerprint density at radius 3 is 3.00 bits per heavy atom. The highest BCUT2D eigenvalue weighted by molar-refractivity contribution is 7.12. The van der Waals surface area contributed by atoms with Crippen LogP contribution in [0, 0.1) is 0 Å². The first-order valence-corrected chi connectivity index (χ1v) is 4.32. The molecule has 0 radical (unpaired) electrons. The van der Waals surface area contributed by atoms with E-state index in [-0.39, 0.29) is 0 Å². The van der Waals surface area contributed by atoms with Crippen molar-refractivity contribution in [2.45, 2.75) is 6.42 Å². The monoisotopic (exact) mass is 184 g/mol. The van der Waals surface area contributed by atoms with E-state index in [1.54, 1.807) is 6.08 Å². The molecule has 3 nitrogen and oxygen atoms in total. The highest BCUT2D eigenvalue weighted by Gasteiger charge is 2.14. The van der Waals surface area contributed by atoms with Gasteiger partial charge in [-0.25, -0.2) is 0 Å². The van der Waals surface area contributed by atoms with Gasteiger partial charge in [-0.05, 0) is 17.9 Å². The average molecular weight is 184 g/mol. The van der Waals surface area contributed by atoms with E-state index in [1.807, 2.05) is 11.4 Å². The second kappa shape index (κ2) is 4.30. The molecule has 0 amide bonds. The summed E-state index contributed by atoms with van der Waals surface area (Å²) in [5, 5.41) is 19.4. The van der Waals surface area contributed by atoms with Crippen molar-refractivity contribution < 1.29 is 14.7 Å². The third-order valence-electron chi connectivity index (χ3n) is 1.28. The lowest BCUT2D eigenvalue weighted by atomic mass is 10.2. The summed E-state index contributed by atoms with van der Waals surface area (Å²) < 4.78 is 4.72. The molecule has 64 valence electrons. The first kappa shape index (κ1) is 9.31. The minimum absolute atomic E-state index is 0.532. The van der Waals surface area contributed by atoms with Crippen molar-refractivity contribution in [3.63, 3.8) is 0 Å². The van der Waals surface area contributed by atoms with Gasteiger partial charge in [-0.1, -0.05) is 6.08 Å². The Morgan fingerprint density at radius 1 is 1.67 bits per heavy atom. The van der Waals surface area contributed by atoms with Crippen LogP contribution in [0.15, 0.2) is 24.1 Å². The maximum Gasteiger partial charge on any atom is 0.708 e. The van der Waals surface area contributed by atoms with Gasteiger partial charge in [-0.15, -0.1) is 17.9 Å². The van der Waals surface area contributed by atoms with Gasteiger partial charge < -0.3 is 14.7 Å². The molecule has 5 heteroatoms. The standard InChI is InChI=1S/C7H9BO3S/c1-2-3-6-4-5-12-7(6)11-8(9)10/h2,4-5,9-10H,1,3H2. The second-order valence-corrected chi connectivity index (χ2v) is 3.05. The summed E-state index contributed by atoms with van der Waals surface area (Å²) in [6.07, 6.45) is 2.41. The number of thiophene rings is 1. The molecule has 0 aliphatic heterocycles. The van der Waals surface area contributed by atoms with Gasteiger partial charge in [0.2, 0.25) is 0 Å². The zero-order chi connectivity index (χ0) is 8.97. The van der Waals surface area contributed by atoms with Crippen LogP contribution >= 0.6 is 11.3 Å². The van der Waals surface area contributed by atoms with Gasteiger partial charge in [-0.3, -0.25) is 0 Å². The van der Waals surface area contributed by atoms with Gasteiger partial charge in [-0.2, -0.15) is 0 Å². The van der Waals surface area contributed by atoms with Crippen LogP contribution in [0.1, 0.15) is 5.56 Å². The number of hydrogen-bond donors (Lipinski definition) is 2. The first-order valence-electron chi connectivity index (χ1n) is 3.44. The third-order valence-corrected chi connectivity index (χ3v) is 2.13. The fourth-order valence-corrected chi connectivity index (χ4v) is 1.63. The van der Waals surface area contributed by atoms with E-state index in [9.17, 15) is 0 Å². The zero-order valence-electron chi connectivity index (χ0n) is 6.43. The van der Waals surface area contributed by atoms with Crippen molar-refractivity contribution >= 4 is 18.7 Å². The Balaban J connectivity index is 2.69. The maximum atomic E-state index is 8.53. The molecule has 2 N–H and O–H groups in total. The van der Waals surface area contributed by atoms with E-state index in [4.69, 9.17) is 14.7 Å². The van der Waals surface area contributed by atoms with Crippen molar-refractivity contribution in [2.75, 3.05) is 0 Å². The molecule has 1 aromatic heterocycles. The number of allylic oxidation sites excluding steroid dienone is 1. The highest BCUT2D eigenvalue weighted by Crippen LogP contribution is 2.26. The SMILES string of the molecule is C=CCc1ccsc1OB(O)O. The molecule has 0 aromatic carbocycles. The quantitative estimate of drug-likeness (QED) is 0.538. The fraction of sp³-hybridized carbons (Fsp3) is 0.143. The molecule has 0 saturated carbocycles. The summed E-state index contributed by atoms with van der Waals surface area (Å²) in [7, 11) is -1.74. The van der Waals surface area contributed by atoms with E-state index in [1.165, 1.54) is 11.3 Å². The fourth-order valence-electron chi connectivity index (χ4n) is 0.828. The van der Waals surface area contributed by atoms with Crippen LogP contribution in [0.5, 0.6) is 5.06 Å². The lowest BCUT2D eigenvalue weighted by molar-refractivity contribution is 0.291. The zero-order valence-corrected chi connectivity index (χ0v) is 7.25. The Hall–Kier alpha value is -0.775. The van der Waals surface area contributed by atoms with E-state index in [0.717, 1.165) is 5.56 Å². The molecule has 0 unspecified atom stereocenters. The minimum Gasteiger partial charge on any atom is -0.504 e. The minimum atomic E-state index is -1.74. The van der Waals surface area contributed by atoms with E-state index >= 15 is 0 Å². The van der Waals surface area contributed by atoms with Crippen molar-refractivity contribution in [3.05, 3.63) is 29.7 Å². The van der Waals surface area contributed by atoms with Crippen molar-refractivity contribution in [3.8, 4) is 5.06 Å². The van der Waals surface area contributed by atoms with Crippen molar-refractivity contribution in [2.24, 2.45) is 0 Å². The lowest BCUT2D eigenvalue weighted by Crippen LogP contribution is -2.20. The van der Waals surface area contributed by atoms with Crippen LogP contribution in [0.4, 0.5) is 0 Å². The average Bonchev–Trinajstić information content (AvgIpc) is 2.37. The topological polar surface area (TPSA) is 49.7 Å². The summed E-state index contributed by atoms with van der Waals surface area (Å²) in [6, 6.07) is 1.87. The van der Waals surface area contributed by atoms with Gasteiger partial charge in [0.1, 0.15) is 0 Å². The van der Waals surface area contributed by atoms with E-state index < -0.39 is 7.32 Å².